The summed E-state index contributed by atoms with van der Waals surface area (Å²) < 4.78 is 0. The predicted octanol–water partition coefficient (Wildman–Crippen LogP) is 0.309. The van der Waals surface area contributed by atoms with Crippen LogP contribution in [-0.4, -0.2) is 13.0 Å². The van der Waals surface area contributed by atoms with E-state index in [0.29, 0.717) is 13.0 Å². The first kappa shape index (κ1) is 6.21. The van der Waals surface area contributed by atoms with E-state index < -0.39 is 0 Å². The lowest BCUT2D eigenvalue weighted by Gasteiger charge is -1.87. The molecule has 0 aliphatic carbocycles. The minimum absolute atomic E-state index is 0.684. The summed E-state index contributed by atoms with van der Waals surface area (Å²) in [5.41, 5.74) is 0. The zero-order valence-corrected chi connectivity index (χ0v) is 4.18. The van der Waals surface area contributed by atoms with Crippen molar-refractivity contribution in [2.24, 2.45) is 0 Å². The molecule has 0 saturated heterocycles. The van der Waals surface area contributed by atoms with Crippen LogP contribution in [0.1, 0.15) is 6.42 Å². The molecule has 1 amide bonds. The number of nitrogens with one attached hydrogen (secondary N) is 1. The maximum Gasteiger partial charge on any atom is 0.207 e. The van der Waals surface area contributed by atoms with E-state index in [2.05, 4.69) is 11.9 Å². The van der Waals surface area contributed by atoms with E-state index in [0.717, 1.165) is 6.42 Å². The lowest BCUT2D eigenvalue weighted by atomic mass is 10.4. The molecule has 40 valence electrons. The fourth-order valence-corrected chi connectivity index (χ4v) is 0.244. The molecule has 0 aromatic carbocycles. The Balaban J connectivity index is 2.68. The zero-order valence-electron chi connectivity index (χ0n) is 4.18. The smallest absolute Gasteiger partial charge is 0.207 e. The molecule has 0 unspecified atom stereocenters. The van der Waals surface area contributed by atoms with Crippen molar-refractivity contribution in [1.82, 2.24) is 5.32 Å². The first-order valence-electron chi connectivity index (χ1n) is 2.19. The van der Waals surface area contributed by atoms with Crippen molar-refractivity contribution in [3.05, 3.63) is 12.7 Å². The predicted molar refractivity (Wildman–Crippen MR) is 28.9 cm³/mol. The summed E-state index contributed by atoms with van der Waals surface area (Å²) in [4.78, 5) is 9.53. The number of carbonyl (C=O) groups excluding carboxylic acids is 1. The molecule has 7 heavy (non-hydrogen) atoms. The fraction of sp³-hybridized carbons (Fsp3) is 0.400. The third-order valence-corrected chi connectivity index (χ3v) is 0.576. The second kappa shape index (κ2) is 5.21. The summed E-state index contributed by atoms with van der Waals surface area (Å²) in [6.07, 6.45) is 3.29. The number of amides is 1. The van der Waals surface area contributed by atoms with Crippen molar-refractivity contribution in [3.63, 3.8) is 0 Å². The normalized spacial score (nSPS) is 7.43. The SMILES string of the molecule is C=CCCNC=O. The molecule has 0 spiro atoms. The summed E-state index contributed by atoms with van der Waals surface area (Å²) in [6, 6.07) is 0. The second-order valence-electron chi connectivity index (χ2n) is 1.15. The standard InChI is InChI=1S/C5H9NO/c1-2-3-4-6-5-7/h2,5H,1,3-4H2,(H,6,7). The Morgan fingerprint density at radius 2 is 2.43 bits per heavy atom. The third-order valence-electron chi connectivity index (χ3n) is 0.576. The summed E-state index contributed by atoms with van der Waals surface area (Å²) in [5.74, 6) is 0. The molecule has 0 aliphatic heterocycles. The van der Waals surface area contributed by atoms with Crippen LogP contribution in [0.25, 0.3) is 0 Å². The molecule has 0 aromatic heterocycles. The van der Waals surface area contributed by atoms with E-state index in [-0.39, 0.29) is 0 Å². The molecular formula is C5H9NO. The van der Waals surface area contributed by atoms with Gasteiger partial charge in [0.2, 0.25) is 6.41 Å². The van der Waals surface area contributed by atoms with Crippen LogP contribution >= 0.6 is 0 Å². The minimum Gasteiger partial charge on any atom is -0.358 e. The number of hydrogen-bond acceptors (Lipinski definition) is 1. The van der Waals surface area contributed by atoms with Gasteiger partial charge in [0.05, 0.1) is 0 Å². The van der Waals surface area contributed by atoms with Gasteiger partial charge in [-0.05, 0) is 6.42 Å². The van der Waals surface area contributed by atoms with E-state index in [4.69, 9.17) is 0 Å². The highest BCUT2D eigenvalue weighted by atomic mass is 16.1. The third kappa shape index (κ3) is 5.21. The van der Waals surface area contributed by atoms with Crippen molar-refractivity contribution in [3.8, 4) is 0 Å². The Hall–Kier alpha value is -0.790. The minimum atomic E-state index is 0.684. The molecule has 0 fully saturated rings. The van der Waals surface area contributed by atoms with Crippen molar-refractivity contribution < 1.29 is 4.79 Å². The van der Waals surface area contributed by atoms with Crippen LogP contribution in [-0.2, 0) is 4.79 Å². The summed E-state index contributed by atoms with van der Waals surface area (Å²) in [5, 5.41) is 2.50. The van der Waals surface area contributed by atoms with Crippen LogP contribution in [0.3, 0.4) is 0 Å². The summed E-state index contributed by atoms with van der Waals surface area (Å²) in [7, 11) is 0. The number of hydrogen-bond donors (Lipinski definition) is 1. The second-order valence-corrected chi connectivity index (χ2v) is 1.15. The quantitative estimate of drug-likeness (QED) is 0.307. The molecule has 0 heterocycles. The number of rotatable bonds is 4. The van der Waals surface area contributed by atoms with Gasteiger partial charge in [0.1, 0.15) is 0 Å². The topological polar surface area (TPSA) is 29.1 Å². The Morgan fingerprint density at radius 1 is 1.71 bits per heavy atom. The molecule has 1 N–H and O–H groups in total. The monoisotopic (exact) mass is 99.1 g/mol. The van der Waals surface area contributed by atoms with Gasteiger partial charge in [-0.3, -0.25) is 4.79 Å². The maximum absolute atomic E-state index is 9.53. The molecule has 0 bridgehead atoms. The van der Waals surface area contributed by atoms with Crippen LogP contribution in [0.5, 0.6) is 0 Å². The van der Waals surface area contributed by atoms with Crippen LogP contribution in [0.2, 0.25) is 0 Å². The van der Waals surface area contributed by atoms with Gasteiger partial charge in [-0.15, -0.1) is 6.58 Å². The van der Waals surface area contributed by atoms with Gasteiger partial charge < -0.3 is 5.32 Å². The van der Waals surface area contributed by atoms with E-state index in [9.17, 15) is 4.79 Å². The maximum atomic E-state index is 9.53. The van der Waals surface area contributed by atoms with Crippen molar-refractivity contribution >= 4 is 6.41 Å². The zero-order chi connectivity index (χ0) is 5.54. The van der Waals surface area contributed by atoms with E-state index >= 15 is 0 Å². The highest BCUT2D eigenvalue weighted by Gasteiger charge is 1.72. The molecule has 0 rings (SSSR count). The van der Waals surface area contributed by atoms with E-state index in [1.54, 1.807) is 6.08 Å². The van der Waals surface area contributed by atoms with Crippen LogP contribution in [0.15, 0.2) is 12.7 Å². The van der Waals surface area contributed by atoms with Crippen LogP contribution < -0.4 is 5.32 Å². The van der Waals surface area contributed by atoms with Crippen molar-refractivity contribution in [2.75, 3.05) is 6.54 Å². The Morgan fingerprint density at radius 3 is 2.86 bits per heavy atom. The van der Waals surface area contributed by atoms with Gasteiger partial charge in [-0.2, -0.15) is 0 Å². The van der Waals surface area contributed by atoms with Crippen LogP contribution in [0, 0.1) is 0 Å². The first-order chi connectivity index (χ1) is 3.41. The lowest BCUT2D eigenvalue weighted by molar-refractivity contribution is -0.109. The van der Waals surface area contributed by atoms with Gasteiger partial charge in [0, 0.05) is 6.54 Å². The van der Waals surface area contributed by atoms with Gasteiger partial charge in [-0.25, -0.2) is 0 Å². The summed E-state index contributed by atoms with van der Waals surface area (Å²) >= 11 is 0. The van der Waals surface area contributed by atoms with Crippen LogP contribution in [0.4, 0.5) is 0 Å². The molecule has 2 heteroatoms. The van der Waals surface area contributed by atoms with E-state index in [1.165, 1.54) is 0 Å². The average molecular weight is 99.1 g/mol. The van der Waals surface area contributed by atoms with E-state index in [1.807, 2.05) is 0 Å². The highest BCUT2D eigenvalue weighted by Crippen LogP contribution is 1.70. The summed E-state index contributed by atoms with van der Waals surface area (Å²) in [6.45, 7) is 4.18. The first-order valence-corrected chi connectivity index (χ1v) is 2.19. The van der Waals surface area contributed by atoms with Gasteiger partial charge in [0.25, 0.3) is 0 Å². The molecule has 0 aliphatic rings. The fourth-order valence-electron chi connectivity index (χ4n) is 0.244. The Kier molecular flexibility index (Phi) is 4.62. The molecule has 0 atom stereocenters. The Labute approximate surface area is 43.2 Å². The average Bonchev–Trinajstić information content (AvgIpc) is 1.69. The molecular weight excluding hydrogens is 90.1 g/mol. The molecule has 0 saturated carbocycles. The van der Waals surface area contributed by atoms with Gasteiger partial charge in [-0.1, -0.05) is 6.08 Å². The molecule has 0 radical (unpaired) electrons. The lowest BCUT2D eigenvalue weighted by Crippen LogP contribution is -2.10. The molecule has 2 nitrogen and oxygen atoms in total. The van der Waals surface area contributed by atoms with Gasteiger partial charge in [0.15, 0.2) is 0 Å². The number of carbonyl (C=O) groups is 1. The van der Waals surface area contributed by atoms with Crippen molar-refractivity contribution in [2.45, 2.75) is 6.42 Å². The highest BCUT2D eigenvalue weighted by molar-refractivity contribution is 5.45. The van der Waals surface area contributed by atoms with Crippen molar-refractivity contribution in [1.29, 1.82) is 0 Å². The van der Waals surface area contributed by atoms with Gasteiger partial charge >= 0.3 is 0 Å². The largest absolute Gasteiger partial charge is 0.358 e. The Bertz CT molecular complexity index is 53.1. The molecule has 0 aromatic rings.